The second-order valence-corrected chi connectivity index (χ2v) is 6.32. The van der Waals surface area contributed by atoms with Crippen molar-refractivity contribution in [3.8, 4) is 0 Å². The van der Waals surface area contributed by atoms with Gasteiger partial charge in [-0.05, 0) is 30.2 Å². The minimum atomic E-state index is -4.11. The first kappa shape index (κ1) is 16.8. The summed E-state index contributed by atoms with van der Waals surface area (Å²) in [7, 11) is -4.11. The zero-order chi connectivity index (χ0) is 17.0. The molecule has 0 aromatic heterocycles. The topological polar surface area (TPSA) is 115 Å². The Morgan fingerprint density at radius 2 is 1.83 bits per heavy atom. The summed E-state index contributed by atoms with van der Waals surface area (Å²) in [6.45, 7) is 0.353. The summed E-state index contributed by atoms with van der Waals surface area (Å²) in [4.78, 5) is 9.70. The number of hydrogen-bond acceptors (Lipinski definition) is 5. The Morgan fingerprint density at radius 3 is 2.39 bits per heavy atom. The number of sulfonamides is 1. The fourth-order valence-electron chi connectivity index (χ4n) is 2.00. The quantitative estimate of drug-likeness (QED) is 0.617. The van der Waals surface area contributed by atoms with Crippen LogP contribution in [0.5, 0.6) is 0 Å². The molecule has 122 valence electrons. The van der Waals surface area contributed by atoms with Gasteiger partial charge in [0.1, 0.15) is 10.7 Å². The number of primary sulfonamides is 1. The fourth-order valence-corrected chi connectivity index (χ4v) is 2.73. The number of halogens is 1. The third-order valence-electron chi connectivity index (χ3n) is 3.12. The van der Waals surface area contributed by atoms with Crippen LogP contribution in [0, 0.1) is 15.9 Å². The first-order valence-corrected chi connectivity index (χ1v) is 8.11. The maximum atomic E-state index is 12.8. The van der Waals surface area contributed by atoms with Crippen LogP contribution in [0.3, 0.4) is 0 Å². The molecule has 0 unspecified atom stereocenters. The molecule has 0 aliphatic carbocycles. The van der Waals surface area contributed by atoms with Crippen molar-refractivity contribution in [1.29, 1.82) is 0 Å². The van der Waals surface area contributed by atoms with Crippen molar-refractivity contribution in [1.82, 2.24) is 0 Å². The maximum absolute atomic E-state index is 12.8. The average molecular weight is 339 g/mol. The van der Waals surface area contributed by atoms with E-state index in [1.807, 2.05) is 0 Å². The Labute approximate surface area is 132 Å². The highest BCUT2D eigenvalue weighted by Crippen LogP contribution is 2.25. The van der Waals surface area contributed by atoms with Gasteiger partial charge in [0.05, 0.1) is 10.6 Å². The molecule has 0 heterocycles. The summed E-state index contributed by atoms with van der Waals surface area (Å²) in [5.41, 5.74) is 0.677. The summed E-state index contributed by atoms with van der Waals surface area (Å²) in [5, 5.41) is 18.7. The van der Waals surface area contributed by atoms with Crippen LogP contribution in [-0.4, -0.2) is 19.9 Å². The Hall–Kier alpha value is -2.52. The molecular weight excluding hydrogens is 325 g/mol. The van der Waals surface area contributed by atoms with Crippen LogP contribution in [-0.2, 0) is 16.4 Å². The third-order valence-corrected chi connectivity index (χ3v) is 4.08. The summed E-state index contributed by atoms with van der Waals surface area (Å²) in [6.07, 6.45) is 0.515. The van der Waals surface area contributed by atoms with Gasteiger partial charge in [-0.3, -0.25) is 10.1 Å². The van der Waals surface area contributed by atoms with Crippen molar-refractivity contribution in [2.24, 2.45) is 5.14 Å². The molecule has 2 rings (SSSR count). The second kappa shape index (κ2) is 6.71. The van der Waals surface area contributed by atoms with E-state index >= 15 is 0 Å². The van der Waals surface area contributed by atoms with E-state index in [0.717, 1.165) is 11.6 Å². The molecule has 2 aromatic rings. The predicted molar refractivity (Wildman–Crippen MR) is 83.1 cm³/mol. The molecule has 0 amide bonds. The van der Waals surface area contributed by atoms with E-state index in [1.165, 1.54) is 24.3 Å². The van der Waals surface area contributed by atoms with Crippen molar-refractivity contribution in [3.63, 3.8) is 0 Å². The van der Waals surface area contributed by atoms with Crippen LogP contribution in [0.2, 0.25) is 0 Å². The van der Waals surface area contributed by atoms with Gasteiger partial charge in [0.15, 0.2) is 0 Å². The van der Waals surface area contributed by atoms with E-state index in [2.05, 4.69) is 5.32 Å². The van der Waals surface area contributed by atoms with E-state index in [0.29, 0.717) is 13.0 Å². The molecule has 2 aromatic carbocycles. The van der Waals surface area contributed by atoms with Gasteiger partial charge in [-0.25, -0.2) is 17.9 Å². The molecule has 0 bridgehead atoms. The molecule has 0 spiro atoms. The molecule has 0 fully saturated rings. The molecule has 23 heavy (non-hydrogen) atoms. The van der Waals surface area contributed by atoms with Gasteiger partial charge in [0.25, 0.3) is 5.69 Å². The summed E-state index contributed by atoms with van der Waals surface area (Å²) < 4.78 is 36.0. The van der Waals surface area contributed by atoms with Gasteiger partial charge in [0, 0.05) is 18.7 Å². The molecular formula is C14H14FN3O4S. The number of non-ortho nitro benzene ring substituents is 1. The first-order valence-electron chi connectivity index (χ1n) is 6.57. The number of nitro benzene ring substituents is 1. The highest BCUT2D eigenvalue weighted by molar-refractivity contribution is 7.89. The van der Waals surface area contributed by atoms with E-state index < -0.39 is 14.9 Å². The van der Waals surface area contributed by atoms with Crippen LogP contribution in [0.4, 0.5) is 15.8 Å². The highest BCUT2D eigenvalue weighted by atomic mass is 32.2. The Morgan fingerprint density at radius 1 is 1.17 bits per heavy atom. The minimum absolute atomic E-state index is 0.181. The Bertz CT molecular complexity index is 822. The first-order chi connectivity index (χ1) is 10.8. The molecule has 3 N–H and O–H groups in total. The van der Waals surface area contributed by atoms with Crippen molar-refractivity contribution >= 4 is 21.4 Å². The average Bonchev–Trinajstić information content (AvgIpc) is 2.48. The van der Waals surface area contributed by atoms with Crippen LogP contribution < -0.4 is 10.5 Å². The van der Waals surface area contributed by atoms with E-state index in [9.17, 15) is 22.9 Å². The normalized spacial score (nSPS) is 11.2. The molecule has 0 atom stereocenters. The predicted octanol–water partition coefficient (Wildman–Crippen LogP) is 2.04. The Kier molecular flexibility index (Phi) is 4.92. The number of nitrogens with zero attached hydrogens (tertiary/aromatic N) is 1. The van der Waals surface area contributed by atoms with Gasteiger partial charge in [0.2, 0.25) is 10.0 Å². The Balaban J connectivity index is 2.16. The van der Waals surface area contributed by atoms with Crippen LogP contribution >= 0.6 is 0 Å². The van der Waals surface area contributed by atoms with Gasteiger partial charge in [-0.2, -0.15) is 0 Å². The second-order valence-electron chi connectivity index (χ2n) is 4.79. The summed E-state index contributed by atoms with van der Waals surface area (Å²) in [5.74, 6) is -0.339. The molecule has 0 saturated heterocycles. The number of hydrogen-bond donors (Lipinski definition) is 2. The van der Waals surface area contributed by atoms with Crippen LogP contribution in [0.25, 0.3) is 0 Å². The largest absolute Gasteiger partial charge is 0.384 e. The zero-order valence-electron chi connectivity index (χ0n) is 11.9. The molecule has 0 saturated carbocycles. The molecule has 7 nitrogen and oxygen atoms in total. The summed E-state index contributed by atoms with van der Waals surface area (Å²) >= 11 is 0. The van der Waals surface area contributed by atoms with Gasteiger partial charge < -0.3 is 5.32 Å². The third kappa shape index (κ3) is 4.47. The molecule has 0 radical (unpaired) electrons. The monoisotopic (exact) mass is 339 g/mol. The lowest BCUT2D eigenvalue weighted by Gasteiger charge is -2.10. The van der Waals surface area contributed by atoms with Crippen molar-refractivity contribution in [3.05, 3.63) is 64.0 Å². The number of nitrogens with one attached hydrogen (secondary N) is 1. The molecule has 0 aliphatic heterocycles. The van der Waals surface area contributed by atoms with Crippen LogP contribution in [0.1, 0.15) is 5.56 Å². The van der Waals surface area contributed by atoms with Crippen molar-refractivity contribution in [2.45, 2.75) is 11.3 Å². The fraction of sp³-hybridized carbons (Fsp3) is 0.143. The number of rotatable bonds is 6. The lowest BCUT2D eigenvalue weighted by atomic mass is 10.1. The number of benzene rings is 2. The minimum Gasteiger partial charge on any atom is -0.384 e. The zero-order valence-corrected chi connectivity index (χ0v) is 12.7. The maximum Gasteiger partial charge on any atom is 0.270 e. The van der Waals surface area contributed by atoms with Crippen molar-refractivity contribution in [2.75, 3.05) is 11.9 Å². The standard InChI is InChI=1S/C14H14FN3O4S/c15-11-3-1-10(2-4-11)7-8-17-13-6-5-12(18(19)20)9-14(13)23(16,21)22/h1-6,9,17H,7-8H2,(H2,16,21,22). The number of nitro groups is 1. The lowest BCUT2D eigenvalue weighted by molar-refractivity contribution is -0.385. The SMILES string of the molecule is NS(=O)(=O)c1cc([N+](=O)[O-])ccc1NCCc1ccc(F)cc1. The summed E-state index contributed by atoms with van der Waals surface area (Å²) in [6, 6.07) is 9.29. The van der Waals surface area contributed by atoms with Gasteiger partial charge >= 0.3 is 0 Å². The number of anilines is 1. The lowest BCUT2D eigenvalue weighted by Crippen LogP contribution is -2.16. The van der Waals surface area contributed by atoms with Gasteiger partial charge in [-0.1, -0.05) is 12.1 Å². The van der Waals surface area contributed by atoms with E-state index in [4.69, 9.17) is 5.14 Å². The van der Waals surface area contributed by atoms with Crippen molar-refractivity contribution < 1.29 is 17.7 Å². The number of nitrogens with two attached hydrogens (primary N) is 1. The smallest absolute Gasteiger partial charge is 0.270 e. The van der Waals surface area contributed by atoms with E-state index in [-0.39, 0.29) is 22.1 Å². The molecule has 0 aliphatic rings. The van der Waals surface area contributed by atoms with Crippen LogP contribution in [0.15, 0.2) is 47.4 Å². The van der Waals surface area contributed by atoms with E-state index in [1.54, 1.807) is 12.1 Å². The highest BCUT2D eigenvalue weighted by Gasteiger charge is 2.18. The van der Waals surface area contributed by atoms with Gasteiger partial charge in [-0.15, -0.1) is 0 Å². The molecule has 9 heteroatoms.